The summed E-state index contributed by atoms with van der Waals surface area (Å²) in [6.07, 6.45) is 1.56. The molecule has 1 aliphatic heterocycles. The molecule has 9 nitrogen and oxygen atoms in total. The number of nitrogens with zero attached hydrogens (tertiary/aromatic N) is 3. The van der Waals surface area contributed by atoms with Crippen molar-refractivity contribution in [2.45, 2.75) is 13.0 Å². The zero-order valence-electron chi connectivity index (χ0n) is 22.6. The normalized spacial score (nSPS) is 14.7. The Morgan fingerprint density at radius 2 is 1.81 bits per heavy atom. The average molecular weight is 596 g/mol. The predicted octanol–water partition coefficient (Wildman–Crippen LogP) is 5.24. The minimum absolute atomic E-state index is 0.0730. The van der Waals surface area contributed by atoms with Gasteiger partial charge in [-0.25, -0.2) is 14.2 Å². The number of non-ortho nitro benzene ring substituents is 1. The van der Waals surface area contributed by atoms with E-state index in [1.54, 1.807) is 37.3 Å². The van der Waals surface area contributed by atoms with Crippen molar-refractivity contribution in [1.82, 2.24) is 4.57 Å². The van der Waals surface area contributed by atoms with Gasteiger partial charge in [0.05, 0.1) is 33.4 Å². The Balaban J connectivity index is 1.54. The van der Waals surface area contributed by atoms with E-state index in [2.05, 4.69) is 0 Å². The summed E-state index contributed by atoms with van der Waals surface area (Å²) in [7, 11) is 0. The number of nitro groups is 1. The fourth-order valence-electron chi connectivity index (χ4n) is 4.89. The Labute approximate surface area is 247 Å². The van der Waals surface area contributed by atoms with Crippen LogP contribution in [0.25, 0.3) is 23.1 Å². The number of hydrogen-bond donors (Lipinski definition) is 0. The summed E-state index contributed by atoms with van der Waals surface area (Å²) in [4.78, 5) is 43.2. The molecule has 43 heavy (non-hydrogen) atoms. The van der Waals surface area contributed by atoms with Crippen LogP contribution in [0.5, 0.6) is 0 Å². The Morgan fingerprint density at radius 1 is 1.07 bits per heavy atom. The Morgan fingerprint density at radius 3 is 2.53 bits per heavy atom. The third kappa shape index (κ3) is 5.33. The van der Waals surface area contributed by atoms with Crippen LogP contribution in [0.3, 0.4) is 0 Å². The number of rotatable bonds is 7. The maximum Gasteiger partial charge on any atom is 0.338 e. The molecule has 0 spiro atoms. The molecule has 0 radical (unpaired) electrons. The van der Waals surface area contributed by atoms with Gasteiger partial charge in [0.2, 0.25) is 0 Å². The Kier molecular flexibility index (Phi) is 7.39. The van der Waals surface area contributed by atoms with E-state index in [1.807, 2.05) is 30.3 Å². The maximum absolute atomic E-state index is 14.0. The number of hydrogen-bond acceptors (Lipinski definition) is 8. The van der Waals surface area contributed by atoms with E-state index in [0.29, 0.717) is 38.7 Å². The quantitative estimate of drug-likeness (QED) is 0.144. The van der Waals surface area contributed by atoms with Crippen LogP contribution in [-0.2, 0) is 9.53 Å². The lowest BCUT2D eigenvalue weighted by molar-refractivity contribution is -0.384. The minimum Gasteiger partial charge on any atom is -0.463 e. The van der Waals surface area contributed by atoms with E-state index in [9.17, 15) is 24.1 Å². The molecule has 0 saturated heterocycles. The van der Waals surface area contributed by atoms with Gasteiger partial charge in [-0.2, -0.15) is 0 Å². The van der Waals surface area contributed by atoms with Gasteiger partial charge in [0.1, 0.15) is 17.3 Å². The molecule has 0 N–H and O–H groups in total. The number of fused-ring (bicyclic) bond motifs is 1. The largest absolute Gasteiger partial charge is 0.463 e. The second-order valence-electron chi connectivity index (χ2n) is 9.49. The highest BCUT2D eigenvalue weighted by molar-refractivity contribution is 7.07. The van der Waals surface area contributed by atoms with Crippen molar-refractivity contribution in [1.29, 1.82) is 0 Å². The second kappa shape index (κ2) is 11.5. The highest BCUT2D eigenvalue weighted by Gasteiger charge is 2.35. The molecule has 0 bridgehead atoms. The predicted molar refractivity (Wildman–Crippen MR) is 158 cm³/mol. The third-order valence-corrected chi connectivity index (χ3v) is 7.78. The molecule has 3 heterocycles. The van der Waals surface area contributed by atoms with E-state index in [1.165, 1.54) is 41.0 Å². The monoisotopic (exact) mass is 595 g/mol. The molecule has 1 aliphatic rings. The lowest BCUT2D eigenvalue weighted by Crippen LogP contribution is -2.40. The number of furan rings is 1. The summed E-state index contributed by atoms with van der Waals surface area (Å²) in [6, 6.07) is 23.1. The number of aromatic nitrogens is 1. The van der Waals surface area contributed by atoms with Gasteiger partial charge in [-0.15, -0.1) is 0 Å². The fraction of sp³-hybridized carbons (Fsp3) is 0.0938. The number of carbonyl (C=O) groups excluding carboxylic acids is 1. The highest BCUT2D eigenvalue weighted by Crippen LogP contribution is 2.35. The number of ether oxygens (including phenoxy) is 1. The van der Waals surface area contributed by atoms with Crippen LogP contribution in [0.15, 0.2) is 111 Å². The molecule has 0 amide bonds. The maximum atomic E-state index is 14.0. The van der Waals surface area contributed by atoms with E-state index in [0.717, 1.165) is 11.3 Å². The zero-order valence-corrected chi connectivity index (χ0v) is 23.4. The average Bonchev–Trinajstić information content (AvgIpc) is 3.61. The van der Waals surface area contributed by atoms with E-state index in [-0.39, 0.29) is 22.4 Å². The molecular weight excluding hydrogens is 573 g/mol. The van der Waals surface area contributed by atoms with Crippen molar-refractivity contribution in [3.05, 3.63) is 149 Å². The summed E-state index contributed by atoms with van der Waals surface area (Å²) < 4.78 is 27.0. The van der Waals surface area contributed by atoms with Crippen LogP contribution < -0.4 is 14.9 Å². The van der Waals surface area contributed by atoms with Gasteiger partial charge in [-0.1, -0.05) is 65.9 Å². The van der Waals surface area contributed by atoms with Gasteiger partial charge in [0.25, 0.3) is 11.2 Å². The lowest BCUT2D eigenvalue weighted by Gasteiger charge is -2.25. The first-order chi connectivity index (χ1) is 20.8. The van der Waals surface area contributed by atoms with Crippen molar-refractivity contribution < 1.29 is 23.3 Å². The van der Waals surface area contributed by atoms with Crippen molar-refractivity contribution >= 4 is 34.8 Å². The van der Waals surface area contributed by atoms with Crippen molar-refractivity contribution in [2.24, 2.45) is 4.99 Å². The third-order valence-electron chi connectivity index (χ3n) is 6.80. The summed E-state index contributed by atoms with van der Waals surface area (Å²) in [5, 5.41) is 11.2. The topological polar surface area (TPSA) is 117 Å². The van der Waals surface area contributed by atoms with Crippen LogP contribution in [0.4, 0.5) is 10.1 Å². The number of thiazole rings is 1. The van der Waals surface area contributed by atoms with E-state index in [4.69, 9.17) is 14.1 Å². The van der Waals surface area contributed by atoms with Crippen LogP contribution in [0, 0.1) is 15.9 Å². The first-order valence-electron chi connectivity index (χ1n) is 13.2. The van der Waals surface area contributed by atoms with Crippen molar-refractivity contribution in [3.63, 3.8) is 0 Å². The number of halogens is 1. The number of carbonyl (C=O) groups is 1. The van der Waals surface area contributed by atoms with Gasteiger partial charge in [0, 0.05) is 29.3 Å². The molecule has 3 aromatic carbocycles. The molecule has 11 heteroatoms. The number of nitro benzene ring substituents is 1. The fourth-order valence-corrected chi connectivity index (χ4v) is 5.87. The molecular formula is C32H22FN3O6S. The van der Waals surface area contributed by atoms with Gasteiger partial charge in [-0.05, 0) is 36.8 Å². The van der Waals surface area contributed by atoms with Gasteiger partial charge < -0.3 is 9.15 Å². The molecule has 0 unspecified atom stereocenters. The molecule has 0 saturated carbocycles. The van der Waals surface area contributed by atoms with E-state index >= 15 is 0 Å². The van der Waals surface area contributed by atoms with Crippen molar-refractivity contribution in [2.75, 3.05) is 6.61 Å². The second-order valence-corrected chi connectivity index (χ2v) is 10.5. The molecule has 5 aromatic rings. The van der Waals surface area contributed by atoms with Gasteiger partial charge in [0.15, 0.2) is 4.80 Å². The standard InChI is InChI=1S/C32H22FN3O6S/c1-2-41-31(38)27-28(19-7-4-3-5-8-19)34-32-35(29(27)20-11-13-22(33)14-12-20)30(37)26(43-32)18-24-15-16-25(42-24)21-9-6-10-23(17-21)36(39)40/h3-18,29H,2H2,1H3/b26-18-/t29-/m1/s1. The van der Waals surface area contributed by atoms with E-state index < -0.39 is 28.3 Å². The lowest BCUT2D eigenvalue weighted by atomic mass is 9.93. The smallest absolute Gasteiger partial charge is 0.338 e. The molecule has 2 aromatic heterocycles. The zero-order chi connectivity index (χ0) is 30.1. The Hall–Kier alpha value is -5.42. The molecule has 0 aliphatic carbocycles. The number of esters is 1. The summed E-state index contributed by atoms with van der Waals surface area (Å²) in [6.45, 7) is 1.80. The highest BCUT2D eigenvalue weighted by atomic mass is 32.1. The van der Waals surface area contributed by atoms with Gasteiger partial charge in [-0.3, -0.25) is 19.5 Å². The van der Waals surface area contributed by atoms with Crippen LogP contribution in [0.1, 0.15) is 29.9 Å². The van der Waals surface area contributed by atoms with Crippen molar-refractivity contribution in [3.8, 4) is 11.3 Å². The summed E-state index contributed by atoms with van der Waals surface area (Å²) in [5.41, 5.74) is 1.68. The molecule has 6 rings (SSSR count). The van der Waals surface area contributed by atoms with Crippen LogP contribution >= 0.6 is 11.3 Å². The Bertz CT molecular complexity index is 2080. The minimum atomic E-state index is -0.940. The van der Waals surface area contributed by atoms with Crippen LogP contribution in [-0.4, -0.2) is 22.1 Å². The molecule has 0 fully saturated rings. The summed E-state index contributed by atoms with van der Waals surface area (Å²) >= 11 is 1.11. The first-order valence-corrected chi connectivity index (χ1v) is 14.0. The summed E-state index contributed by atoms with van der Waals surface area (Å²) in [5.74, 6) is -0.360. The molecule has 214 valence electrons. The first kappa shape index (κ1) is 27.7. The van der Waals surface area contributed by atoms with Crippen LogP contribution in [0.2, 0.25) is 0 Å². The number of benzene rings is 3. The van der Waals surface area contributed by atoms with Gasteiger partial charge >= 0.3 is 5.97 Å². The SMILES string of the molecule is CCOC(=O)C1=C(c2ccccc2)N=c2s/c(=C\c3ccc(-c4cccc([N+](=O)[O-])c4)o3)c(=O)n2[C@@H]1c1ccc(F)cc1. The molecule has 1 atom stereocenters.